The molecule has 1 aliphatic carbocycles. The zero-order valence-corrected chi connectivity index (χ0v) is 5.95. The molecule has 3 saturated heterocycles. The molecule has 0 N–H and O–H groups in total. The van der Waals surface area contributed by atoms with E-state index >= 15 is 0 Å². The van der Waals surface area contributed by atoms with E-state index in [0.717, 1.165) is 18.8 Å². The van der Waals surface area contributed by atoms with Crippen molar-refractivity contribution in [2.45, 2.75) is 44.2 Å². The second kappa shape index (κ2) is 1.74. The van der Waals surface area contributed by atoms with Crippen molar-refractivity contribution in [1.82, 2.24) is 0 Å². The van der Waals surface area contributed by atoms with Crippen LogP contribution in [0, 0.1) is 5.92 Å². The van der Waals surface area contributed by atoms with E-state index in [1.165, 1.54) is 12.8 Å². The highest BCUT2D eigenvalue weighted by molar-refractivity contribution is 4.89. The van der Waals surface area contributed by atoms with Gasteiger partial charge in [-0.1, -0.05) is 0 Å². The molecule has 4 aliphatic rings. The third kappa shape index (κ3) is 0.663. The van der Waals surface area contributed by atoms with Crippen LogP contribution >= 0.6 is 0 Å². The van der Waals surface area contributed by atoms with Crippen LogP contribution < -0.4 is 0 Å². The Labute approximate surface area is 60.5 Å². The normalized spacial score (nSPS) is 57.6. The molecule has 2 nitrogen and oxygen atoms in total. The Bertz CT molecular complexity index is 98.8. The molecule has 1 saturated carbocycles. The Hall–Kier alpha value is -0.0800. The molecule has 4 fully saturated rings. The van der Waals surface area contributed by atoms with Gasteiger partial charge in [-0.15, -0.1) is 0 Å². The van der Waals surface area contributed by atoms with Crippen molar-refractivity contribution in [1.29, 1.82) is 0 Å². The van der Waals surface area contributed by atoms with Crippen molar-refractivity contribution in [2.75, 3.05) is 0 Å². The summed E-state index contributed by atoms with van der Waals surface area (Å²) < 4.78 is 11.2. The van der Waals surface area contributed by atoms with Crippen molar-refractivity contribution in [3.8, 4) is 0 Å². The van der Waals surface area contributed by atoms with E-state index in [0.29, 0.717) is 12.2 Å². The number of ether oxygens (including phenoxy) is 2. The molecule has 0 unspecified atom stereocenters. The maximum Gasteiger partial charge on any atom is 0.158 e. The van der Waals surface area contributed by atoms with Crippen LogP contribution in [0.3, 0.4) is 0 Å². The van der Waals surface area contributed by atoms with Gasteiger partial charge in [0.1, 0.15) is 0 Å². The van der Waals surface area contributed by atoms with Crippen molar-refractivity contribution < 1.29 is 9.47 Å². The quantitative estimate of drug-likeness (QED) is 0.505. The zero-order valence-electron chi connectivity index (χ0n) is 5.95. The Morgan fingerprint density at radius 3 is 2.00 bits per heavy atom. The summed E-state index contributed by atoms with van der Waals surface area (Å²) in [7, 11) is 0. The lowest BCUT2D eigenvalue weighted by molar-refractivity contribution is -0.302. The molecule has 4 bridgehead atoms. The van der Waals surface area contributed by atoms with Gasteiger partial charge in [-0.05, 0) is 18.8 Å². The summed E-state index contributed by atoms with van der Waals surface area (Å²) in [5, 5.41) is 0. The summed E-state index contributed by atoms with van der Waals surface area (Å²) in [6.45, 7) is 0. The van der Waals surface area contributed by atoms with Crippen LogP contribution in [0.15, 0.2) is 0 Å². The molecule has 0 aromatic heterocycles. The predicted octanol–water partition coefficient (Wildman–Crippen LogP) is 1.30. The third-order valence-electron chi connectivity index (χ3n) is 2.93. The highest BCUT2D eigenvalue weighted by Gasteiger charge is 2.43. The van der Waals surface area contributed by atoms with Gasteiger partial charge in [0.15, 0.2) is 6.29 Å². The molecule has 4 atom stereocenters. The first kappa shape index (κ1) is 5.56. The van der Waals surface area contributed by atoms with Gasteiger partial charge in [0.05, 0.1) is 12.2 Å². The lowest BCUT2D eigenvalue weighted by Crippen LogP contribution is -2.50. The highest BCUT2D eigenvalue weighted by atomic mass is 16.7. The molecule has 0 radical (unpaired) electrons. The van der Waals surface area contributed by atoms with E-state index in [4.69, 9.17) is 9.47 Å². The number of hydrogen-bond donors (Lipinski definition) is 0. The van der Waals surface area contributed by atoms with Crippen LogP contribution in [0.5, 0.6) is 0 Å². The minimum atomic E-state index is 0.177. The fourth-order valence-corrected chi connectivity index (χ4v) is 2.58. The summed E-state index contributed by atoms with van der Waals surface area (Å²) >= 11 is 0. The summed E-state index contributed by atoms with van der Waals surface area (Å²) in [6, 6.07) is 0. The molecule has 4 rings (SSSR count). The second-order valence-electron chi connectivity index (χ2n) is 3.75. The third-order valence-corrected chi connectivity index (χ3v) is 2.93. The molecule has 10 heavy (non-hydrogen) atoms. The molecule has 0 amide bonds. The van der Waals surface area contributed by atoms with Gasteiger partial charge >= 0.3 is 0 Å². The maximum atomic E-state index is 5.60. The van der Waals surface area contributed by atoms with Crippen LogP contribution in [-0.2, 0) is 9.47 Å². The summed E-state index contributed by atoms with van der Waals surface area (Å²) in [5.41, 5.74) is 0. The van der Waals surface area contributed by atoms with Crippen LogP contribution in [0.1, 0.15) is 25.7 Å². The minimum Gasteiger partial charge on any atom is -0.349 e. The summed E-state index contributed by atoms with van der Waals surface area (Å²) in [5.74, 6) is 0.927. The topological polar surface area (TPSA) is 18.5 Å². The van der Waals surface area contributed by atoms with E-state index in [2.05, 4.69) is 0 Å². The van der Waals surface area contributed by atoms with Gasteiger partial charge in [0.25, 0.3) is 0 Å². The van der Waals surface area contributed by atoms with E-state index in [9.17, 15) is 0 Å². The first-order valence-electron chi connectivity index (χ1n) is 4.21. The van der Waals surface area contributed by atoms with Gasteiger partial charge in [-0.25, -0.2) is 0 Å². The number of hydrogen-bond acceptors (Lipinski definition) is 2. The van der Waals surface area contributed by atoms with Crippen LogP contribution in [0.2, 0.25) is 0 Å². The van der Waals surface area contributed by atoms with Crippen molar-refractivity contribution in [3.05, 3.63) is 0 Å². The molecular weight excluding hydrogens is 128 g/mol. The Balaban J connectivity index is 1.90. The molecule has 0 spiro atoms. The van der Waals surface area contributed by atoms with Crippen molar-refractivity contribution in [2.24, 2.45) is 5.92 Å². The molecule has 3 aliphatic heterocycles. The van der Waals surface area contributed by atoms with Gasteiger partial charge in [-0.3, -0.25) is 0 Å². The van der Waals surface area contributed by atoms with E-state index < -0.39 is 0 Å². The molecular formula is C8H12O2. The van der Waals surface area contributed by atoms with Crippen LogP contribution in [0.25, 0.3) is 0 Å². The predicted molar refractivity (Wildman–Crippen MR) is 35.5 cm³/mol. The van der Waals surface area contributed by atoms with Crippen molar-refractivity contribution in [3.63, 3.8) is 0 Å². The lowest BCUT2D eigenvalue weighted by atomic mass is 9.79. The van der Waals surface area contributed by atoms with Gasteiger partial charge < -0.3 is 9.47 Å². The van der Waals surface area contributed by atoms with Crippen LogP contribution in [0.4, 0.5) is 0 Å². The lowest BCUT2D eigenvalue weighted by Gasteiger charge is -2.49. The second-order valence-corrected chi connectivity index (χ2v) is 3.75. The van der Waals surface area contributed by atoms with E-state index in [1.807, 2.05) is 0 Å². The largest absolute Gasteiger partial charge is 0.349 e. The average Bonchev–Trinajstić information content (AvgIpc) is 1.82. The number of rotatable bonds is 0. The minimum absolute atomic E-state index is 0.177. The van der Waals surface area contributed by atoms with Crippen LogP contribution in [-0.4, -0.2) is 18.5 Å². The SMILES string of the molecule is C1[C@@H]2C[C@H]3C[C@@H]1O[C@H](C2)O3. The molecule has 2 heteroatoms. The fraction of sp³-hybridized carbons (Fsp3) is 1.00. The Kier molecular flexibility index (Phi) is 0.968. The zero-order chi connectivity index (χ0) is 6.55. The first-order chi connectivity index (χ1) is 4.90. The maximum absolute atomic E-state index is 5.60. The van der Waals surface area contributed by atoms with E-state index in [1.54, 1.807) is 0 Å². The standard InChI is InChI=1S/C8H12O2/c1-5-2-7-4-6(1)9-8(3-5)10-7/h5-8H,1-4H2/t5-,6-,7+,8+. The van der Waals surface area contributed by atoms with Crippen molar-refractivity contribution >= 4 is 0 Å². The van der Waals surface area contributed by atoms with Gasteiger partial charge in [0.2, 0.25) is 0 Å². The monoisotopic (exact) mass is 140 g/mol. The molecule has 3 heterocycles. The summed E-state index contributed by atoms with van der Waals surface area (Å²) in [4.78, 5) is 0. The smallest absolute Gasteiger partial charge is 0.158 e. The highest BCUT2D eigenvalue weighted by Crippen LogP contribution is 2.43. The van der Waals surface area contributed by atoms with E-state index in [-0.39, 0.29) is 6.29 Å². The first-order valence-corrected chi connectivity index (χ1v) is 4.21. The summed E-state index contributed by atoms with van der Waals surface area (Å²) in [6.07, 6.45) is 6.20. The molecule has 0 aromatic rings. The Morgan fingerprint density at radius 1 is 0.800 bits per heavy atom. The van der Waals surface area contributed by atoms with Gasteiger partial charge in [0, 0.05) is 12.8 Å². The van der Waals surface area contributed by atoms with Gasteiger partial charge in [-0.2, -0.15) is 0 Å². The molecule has 0 aromatic carbocycles. The average molecular weight is 140 g/mol. The fourth-order valence-electron chi connectivity index (χ4n) is 2.58. The Morgan fingerprint density at radius 2 is 1.50 bits per heavy atom. The molecule has 56 valence electrons.